The van der Waals surface area contributed by atoms with Crippen LogP contribution in [0, 0.1) is 0 Å². The van der Waals surface area contributed by atoms with Crippen molar-refractivity contribution in [1.29, 1.82) is 0 Å². The molecule has 0 unspecified atom stereocenters. The number of ether oxygens (including phenoxy) is 2. The zero-order valence-electron chi connectivity index (χ0n) is 22.6. The Labute approximate surface area is 239 Å². The Bertz CT molecular complexity index is 1400. The van der Waals surface area contributed by atoms with Crippen LogP contribution in [0.15, 0.2) is 115 Å². The van der Waals surface area contributed by atoms with E-state index in [1.54, 1.807) is 12.1 Å². The van der Waals surface area contributed by atoms with Crippen molar-refractivity contribution in [3.05, 3.63) is 138 Å². The van der Waals surface area contributed by atoms with E-state index < -0.39 is 30.0 Å². The molecular formula is C33H33N3O5. The second-order valence-corrected chi connectivity index (χ2v) is 9.53. The summed E-state index contributed by atoms with van der Waals surface area (Å²) in [6.45, 7) is 0.491. The average molecular weight is 552 g/mol. The fraction of sp³-hybridized carbons (Fsp3) is 0.182. The van der Waals surface area contributed by atoms with E-state index in [2.05, 4.69) is 10.6 Å². The van der Waals surface area contributed by atoms with Gasteiger partial charge in [0.1, 0.15) is 31.0 Å². The number of hydrogen-bond acceptors (Lipinski definition) is 5. The summed E-state index contributed by atoms with van der Waals surface area (Å²) in [5.74, 6) is -0.552. The minimum Gasteiger partial charge on any atom is -0.489 e. The predicted molar refractivity (Wildman–Crippen MR) is 156 cm³/mol. The second kappa shape index (κ2) is 14.9. The van der Waals surface area contributed by atoms with Gasteiger partial charge in [0.15, 0.2) is 0 Å². The molecule has 0 spiro atoms. The molecule has 0 saturated carbocycles. The monoisotopic (exact) mass is 551 g/mol. The predicted octanol–water partition coefficient (Wildman–Crippen LogP) is 4.32. The van der Waals surface area contributed by atoms with Crippen LogP contribution in [0.2, 0.25) is 0 Å². The highest BCUT2D eigenvalue weighted by atomic mass is 16.5. The van der Waals surface area contributed by atoms with E-state index in [0.717, 1.165) is 22.3 Å². The number of rotatable bonds is 13. The van der Waals surface area contributed by atoms with E-state index in [9.17, 15) is 14.4 Å². The van der Waals surface area contributed by atoms with E-state index in [1.165, 1.54) is 0 Å². The highest BCUT2D eigenvalue weighted by molar-refractivity contribution is 5.91. The molecule has 210 valence electrons. The van der Waals surface area contributed by atoms with Crippen molar-refractivity contribution >= 4 is 17.9 Å². The lowest BCUT2D eigenvalue weighted by molar-refractivity contribution is -0.128. The molecular weight excluding hydrogens is 518 g/mol. The van der Waals surface area contributed by atoms with E-state index in [-0.39, 0.29) is 19.4 Å². The van der Waals surface area contributed by atoms with Gasteiger partial charge in [-0.2, -0.15) is 0 Å². The van der Waals surface area contributed by atoms with Crippen LogP contribution in [-0.2, 0) is 40.4 Å². The molecule has 0 saturated heterocycles. The summed E-state index contributed by atoms with van der Waals surface area (Å²) in [5.41, 5.74) is 9.14. The van der Waals surface area contributed by atoms with Gasteiger partial charge in [0.05, 0.1) is 0 Å². The third kappa shape index (κ3) is 9.54. The summed E-state index contributed by atoms with van der Waals surface area (Å²) in [4.78, 5) is 38.2. The fourth-order valence-corrected chi connectivity index (χ4v) is 4.16. The number of carbonyl (C=O) groups is 3. The van der Waals surface area contributed by atoms with Gasteiger partial charge in [0.2, 0.25) is 11.8 Å². The molecule has 3 amide bonds. The van der Waals surface area contributed by atoms with Gasteiger partial charge in [-0.15, -0.1) is 0 Å². The molecule has 4 aromatic rings. The minimum absolute atomic E-state index is 0.0569. The van der Waals surface area contributed by atoms with Crippen LogP contribution in [0.1, 0.15) is 22.3 Å². The Morgan fingerprint density at radius 2 is 1.07 bits per heavy atom. The molecule has 0 radical (unpaired) electrons. The summed E-state index contributed by atoms with van der Waals surface area (Å²) in [7, 11) is 0. The standard InChI is InChI=1S/C33H33N3O5/c34-31(37)29(20-25-16-18-28(19-17-25)40-22-26-12-6-2-7-13-26)35-32(38)30(21-24-10-4-1-5-11-24)36-33(39)41-23-27-14-8-3-9-15-27/h1-19,29-30H,20-23H2,(H2,34,37)(H,35,38)(H,36,39)/t29-,30-/m0/s1. The lowest BCUT2D eigenvalue weighted by Crippen LogP contribution is -2.54. The lowest BCUT2D eigenvalue weighted by Gasteiger charge is -2.22. The van der Waals surface area contributed by atoms with E-state index in [0.29, 0.717) is 12.4 Å². The Balaban J connectivity index is 1.37. The summed E-state index contributed by atoms with van der Waals surface area (Å²) >= 11 is 0. The summed E-state index contributed by atoms with van der Waals surface area (Å²) < 4.78 is 11.1. The maximum absolute atomic E-state index is 13.3. The lowest BCUT2D eigenvalue weighted by atomic mass is 10.0. The molecule has 4 aromatic carbocycles. The number of primary amides is 1. The van der Waals surface area contributed by atoms with Crippen molar-refractivity contribution in [2.24, 2.45) is 5.73 Å². The van der Waals surface area contributed by atoms with Gasteiger partial charge in [-0.3, -0.25) is 9.59 Å². The van der Waals surface area contributed by atoms with Crippen molar-refractivity contribution < 1.29 is 23.9 Å². The van der Waals surface area contributed by atoms with Crippen LogP contribution < -0.4 is 21.1 Å². The van der Waals surface area contributed by atoms with Gasteiger partial charge >= 0.3 is 6.09 Å². The average Bonchev–Trinajstić information content (AvgIpc) is 3.00. The minimum atomic E-state index is -0.990. The van der Waals surface area contributed by atoms with Gasteiger partial charge in [-0.25, -0.2) is 4.79 Å². The van der Waals surface area contributed by atoms with Crippen molar-refractivity contribution in [1.82, 2.24) is 10.6 Å². The van der Waals surface area contributed by atoms with Crippen LogP contribution in [-0.4, -0.2) is 30.0 Å². The first-order chi connectivity index (χ1) is 20.0. The zero-order chi connectivity index (χ0) is 28.9. The molecule has 0 aliphatic carbocycles. The number of carbonyl (C=O) groups excluding carboxylic acids is 3. The first-order valence-corrected chi connectivity index (χ1v) is 13.3. The molecule has 0 bridgehead atoms. The van der Waals surface area contributed by atoms with Crippen LogP contribution in [0.3, 0.4) is 0 Å². The van der Waals surface area contributed by atoms with Crippen molar-refractivity contribution in [2.45, 2.75) is 38.1 Å². The number of nitrogens with two attached hydrogens (primary N) is 1. The first-order valence-electron chi connectivity index (χ1n) is 13.3. The van der Waals surface area contributed by atoms with Crippen molar-refractivity contribution in [2.75, 3.05) is 0 Å². The van der Waals surface area contributed by atoms with Crippen LogP contribution in [0.5, 0.6) is 5.75 Å². The third-order valence-corrected chi connectivity index (χ3v) is 6.38. The van der Waals surface area contributed by atoms with Crippen molar-refractivity contribution in [3.63, 3.8) is 0 Å². The third-order valence-electron chi connectivity index (χ3n) is 6.38. The molecule has 41 heavy (non-hydrogen) atoms. The van der Waals surface area contributed by atoms with Gasteiger partial charge < -0.3 is 25.8 Å². The van der Waals surface area contributed by atoms with Crippen molar-refractivity contribution in [3.8, 4) is 5.75 Å². The van der Waals surface area contributed by atoms with Crippen LogP contribution in [0.25, 0.3) is 0 Å². The fourth-order valence-electron chi connectivity index (χ4n) is 4.16. The molecule has 0 aliphatic heterocycles. The molecule has 0 heterocycles. The molecule has 8 heteroatoms. The summed E-state index contributed by atoms with van der Waals surface area (Å²) in [6.07, 6.45) is -0.366. The highest BCUT2D eigenvalue weighted by Crippen LogP contribution is 2.16. The maximum atomic E-state index is 13.3. The Morgan fingerprint density at radius 3 is 1.63 bits per heavy atom. The number of alkyl carbamates (subject to hydrolysis) is 1. The molecule has 4 rings (SSSR count). The number of amides is 3. The number of hydrogen-bond donors (Lipinski definition) is 3. The van der Waals surface area contributed by atoms with Gasteiger partial charge in [0.25, 0.3) is 0 Å². The molecule has 0 fully saturated rings. The van der Waals surface area contributed by atoms with Crippen LogP contribution in [0.4, 0.5) is 4.79 Å². The quantitative estimate of drug-likeness (QED) is 0.229. The topological polar surface area (TPSA) is 120 Å². The largest absolute Gasteiger partial charge is 0.489 e. The Kier molecular flexibility index (Phi) is 10.5. The molecule has 0 aromatic heterocycles. The molecule has 8 nitrogen and oxygen atoms in total. The highest BCUT2D eigenvalue weighted by Gasteiger charge is 2.27. The molecule has 2 atom stereocenters. The zero-order valence-corrected chi connectivity index (χ0v) is 22.6. The number of benzene rings is 4. The smallest absolute Gasteiger partial charge is 0.408 e. The summed E-state index contributed by atoms with van der Waals surface area (Å²) in [6, 6.07) is 33.6. The van der Waals surface area contributed by atoms with E-state index in [1.807, 2.05) is 103 Å². The van der Waals surface area contributed by atoms with Gasteiger partial charge in [-0.05, 0) is 34.4 Å². The Hall–Kier alpha value is -5.11. The Morgan fingerprint density at radius 1 is 0.585 bits per heavy atom. The molecule has 4 N–H and O–H groups in total. The molecule has 0 aliphatic rings. The SMILES string of the molecule is NC(=O)[C@H](Cc1ccc(OCc2ccccc2)cc1)NC(=O)[C@H](Cc1ccccc1)NC(=O)OCc1ccccc1. The first kappa shape index (κ1) is 28.9. The van der Waals surface area contributed by atoms with Gasteiger partial charge in [0, 0.05) is 12.8 Å². The summed E-state index contributed by atoms with van der Waals surface area (Å²) in [5, 5.41) is 5.35. The normalized spacial score (nSPS) is 12.0. The van der Waals surface area contributed by atoms with Crippen LogP contribution >= 0.6 is 0 Å². The van der Waals surface area contributed by atoms with E-state index in [4.69, 9.17) is 15.2 Å². The van der Waals surface area contributed by atoms with Gasteiger partial charge in [-0.1, -0.05) is 103 Å². The maximum Gasteiger partial charge on any atom is 0.408 e. The second-order valence-electron chi connectivity index (χ2n) is 9.53. The number of nitrogens with one attached hydrogen (secondary N) is 2. The van der Waals surface area contributed by atoms with E-state index >= 15 is 0 Å².